The lowest BCUT2D eigenvalue weighted by Crippen LogP contribution is -2.61. The maximum absolute atomic E-state index is 12.4. The van der Waals surface area contributed by atoms with Gasteiger partial charge in [-0.2, -0.15) is 11.8 Å². The van der Waals surface area contributed by atoms with Gasteiger partial charge in [-0.3, -0.25) is 10.1 Å². The van der Waals surface area contributed by atoms with Crippen molar-refractivity contribution in [2.45, 2.75) is 59.0 Å². The van der Waals surface area contributed by atoms with E-state index in [-0.39, 0.29) is 11.4 Å². The number of rotatable bonds is 5. The van der Waals surface area contributed by atoms with Crippen LogP contribution < -0.4 is 5.32 Å². The Kier molecular flexibility index (Phi) is 5.53. The van der Waals surface area contributed by atoms with Crippen molar-refractivity contribution in [2.75, 3.05) is 18.1 Å². The molecule has 0 aromatic rings. The van der Waals surface area contributed by atoms with E-state index in [0.717, 1.165) is 24.3 Å². The number of thioether (sulfide) groups is 1. The Balaban J connectivity index is 2.89. The van der Waals surface area contributed by atoms with Crippen LogP contribution in [0.5, 0.6) is 0 Å². The summed E-state index contributed by atoms with van der Waals surface area (Å²) in [6.45, 7) is 11.0. The SMILES string of the molecule is CCOC(=O)C1(NC(C)CC)CSCC(C)(C)C1. The van der Waals surface area contributed by atoms with Gasteiger partial charge in [0, 0.05) is 11.8 Å². The molecule has 0 radical (unpaired) electrons. The lowest BCUT2D eigenvalue weighted by atomic mass is 9.79. The second-order valence-corrected chi connectivity index (χ2v) is 7.08. The number of carbonyl (C=O) groups is 1. The largest absolute Gasteiger partial charge is 0.465 e. The summed E-state index contributed by atoms with van der Waals surface area (Å²) in [5.41, 5.74) is -0.325. The Bertz CT molecular complexity index is 294. The zero-order valence-corrected chi connectivity index (χ0v) is 13.2. The number of ether oxygens (including phenoxy) is 1. The summed E-state index contributed by atoms with van der Waals surface area (Å²) in [4.78, 5) is 12.4. The molecule has 1 N–H and O–H groups in total. The van der Waals surface area contributed by atoms with E-state index in [0.29, 0.717) is 12.6 Å². The minimum atomic E-state index is -0.502. The van der Waals surface area contributed by atoms with Crippen LogP contribution in [0.3, 0.4) is 0 Å². The lowest BCUT2D eigenvalue weighted by Gasteiger charge is -2.44. The molecule has 2 unspecified atom stereocenters. The molecule has 0 aromatic carbocycles. The van der Waals surface area contributed by atoms with Gasteiger partial charge >= 0.3 is 5.97 Å². The summed E-state index contributed by atoms with van der Waals surface area (Å²) in [5, 5.41) is 3.53. The fraction of sp³-hybridized carbons (Fsp3) is 0.929. The predicted molar refractivity (Wildman–Crippen MR) is 78.0 cm³/mol. The first-order valence-corrected chi connectivity index (χ1v) is 8.03. The molecule has 1 fully saturated rings. The number of hydrogen-bond donors (Lipinski definition) is 1. The Morgan fingerprint density at radius 3 is 2.56 bits per heavy atom. The third kappa shape index (κ3) is 3.89. The second-order valence-electron chi connectivity index (χ2n) is 6.09. The van der Waals surface area contributed by atoms with Crippen LogP contribution in [-0.4, -0.2) is 35.7 Å². The Labute approximate surface area is 115 Å². The molecular weight excluding hydrogens is 246 g/mol. The number of hydrogen-bond acceptors (Lipinski definition) is 4. The van der Waals surface area contributed by atoms with Gasteiger partial charge < -0.3 is 4.74 Å². The van der Waals surface area contributed by atoms with Gasteiger partial charge in [-0.1, -0.05) is 20.8 Å². The molecule has 106 valence electrons. The smallest absolute Gasteiger partial charge is 0.327 e. The molecular formula is C14H27NO2S. The topological polar surface area (TPSA) is 38.3 Å². The zero-order chi connectivity index (χ0) is 13.8. The normalized spacial score (nSPS) is 28.7. The van der Waals surface area contributed by atoms with Gasteiger partial charge in [-0.05, 0) is 37.9 Å². The van der Waals surface area contributed by atoms with E-state index in [1.165, 1.54) is 0 Å². The van der Waals surface area contributed by atoms with Crippen LogP contribution in [-0.2, 0) is 9.53 Å². The van der Waals surface area contributed by atoms with Crippen molar-refractivity contribution in [3.63, 3.8) is 0 Å². The van der Waals surface area contributed by atoms with Crippen molar-refractivity contribution >= 4 is 17.7 Å². The van der Waals surface area contributed by atoms with Gasteiger partial charge in [-0.15, -0.1) is 0 Å². The van der Waals surface area contributed by atoms with Crippen molar-refractivity contribution < 1.29 is 9.53 Å². The minimum absolute atomic E-state index is 0.0782. The summed E-state index contributed by atoms with van der Waals surface area (Å²) in [6, 6.07) is 0.337. The first-order chi connectivity index (χ1) is 8.35. The van der Waals surface area contributed by atoms with Crippen LogP contribution >= 0.6 is 11.8 Å². The zero-order valence-electron chi connectivity index (χ0n) is 12.3. The molecule has 1 saturated heterocycles. The molecule has 1 heterocycles. The van der Waals surface area contributed by atoms with E-state index in [9.17, 15) is 4.79 Å². The third-order valence-corrected chi connectivity index (χ3v) is 5.11. The highest BCUT2D eigenvalue weighted by Crippen LogP contribution is 2.40. The molecule has 0 aromatic heterocycles. The average Bonchev–Trinajstić information content (AvgIpc) is 2.27. The van der Waals surface area contributed by atoms with Crippen molar-refractivity contribution in [1.82, 2.24) is 5.32 Å². The van der Waals surface area contributed by atoms with Crippen molar-refractivity contribution in [2.24, 2.45) is 5.41 Å². The van der Waals surface area contributed by atoms with E-state index in [1.54, 1.807) is 0 Å². The van der Waals surface area contributed by atoms with Crippen LogP contribution in [0.15, 0.2) is 0 Å². The number of esters is 1. The van der Waals surface area contributed by atoms with Crippen LogP contribution in [0.4, 0.5) is 0 Å². The van der Waals surface area contributed by atoms with Gasteiger partial charge in [0.05, 0.1) is 6.61 Å². The van der Waals surface area contributed by atoms with Gasteiger partial charge in [0.25, 0.3) is 0 Å². The minimum Gasteiger partial charge on any atom is -0.465 e. The Morgan fingerprint density at radius 1 is 1.39 bits per heavy atom. The first kappa shape index (κ1) is 15.8. The highest BCUT2D eigenvalue weighted by molar-refractivity contribution is 7.99. The van der Waals surface area contributed by atoms with E-state index < -0.39 is 5.54 Å². The second kappa shape index (κ2) is 6.29. The highest BCUT2D eigenvalue weighted by Gasteiger charge is 2.47. The highest BCUT2D eigenvalue weighted by atomic mass is 32.2. The van der Waals surface area contributed by atoms with Crippen molar-refractivity contribution in [3.8, 4) is 0 Å². The van der Waals surface area contributed by atoms with E-state index >= 15 is 0 Å². The van der Waals surface area contributed by atoms with Gasteiger partial charge in [0.15, 0.2) is 0 Å². The molecule has 2 atom stereocenters. The summed E-state index contributed by atoms with van der Waals surface area (Å²) >= 11 is 1.85. The summed E-state index contributed by atoms with van der Waals surface area (Å²) < 4.78 is 5.31. The average molecular weight is 273 g/mol. The van der Waals surface area contributed by atoms with Gasteiger partial charge in [0.1, 0.15) is 5.54 Å². The number of nitrogens with one attached hydrogen (secondary N) is 1. The van der Waals surface area contributed by atoms with Crippen LogP contribution in [0.2, 0.25) is 0 Å². The molecule has 3 nitrogen and oxygen atoms in total. The molecule has 0 bridgehead atoms. The van der Waals surface area contributed by atoms with Crippen LogP contribution in [0, 0.1) is 5.41 Å². The molecule has 1 aliphatic rings. The quantitative estimate of drug-likeness (QED) is 0.782. The Morgan fingerprint density at radius 2 is 2.06 bits per heavy atom. The molecule has 0 aliphatic carbocycles. The van der Waals surface area contributed by atoms with E-state index in [1.807, 2.05) is 18.7 Å². The first-order valence-electron chi connectivity index (χ1n) is 6.88. The molecule has 4 heteroatoms. The predicted octanol–water partition coefficient (Wildman–Crippen LogP) is 2.84. The fourth-order valence-electron chi connectivity index (χ4n) is 2.55. The van der Waals surface area contributed by atoms with Crippen molar-refractivity contribution in [1.29, 1.82) is 0 Å². The third-order valence-electron chi connectivity index (χ3n) is 3.42. The van der Waals surface area contributed by atoms with Crippen LogP contribution in [0.25, 0.3) is 0 Å². The summed E-state index contributed by atoms with van der Waals surface area (Å²) in [6.07, 6.45) is 1.88. The fourth-order valence-corrected chi connectivity index (χ4v) is 3.95. The van der Waals surface area contributed by atoms with E-state index in [4.69, 9.17) is 4.74 Å². The van der Waals surface area contributed by atoms with Crippen molar-refractivity contribution in [3.05, 3.63) is 0 Å². The standard InChI is InChI=1S/C14H27NO2S/c1-6-11(3)15-14(12(16)17-7-2)8-13(4,5)9-18-10-14/h11,15H,6-10H2,1-5H3. The molecule has 1 rings (SSSR count). The van der Waals surface area contributed by atoms with E-state index in [2.05, 4.69) is 33.0 Å². The van der Waals surface area contributed by atoms with Crippen LogP contribution in [0.1, 0.15) is 47.5 Å². The lowest BCUT2D eigenvalue weighted by molar-refractivity contribution is -0.152. The van der Waals surface area contributed by atoms with Gasteiger partial charge in [-0.25, -0.2) is 0 Å². The molecule has 0 amide bonds. The Hall–Kier alpha value is -0.220. The molecule has 0 spiro atoms. The molecule has 1 aliphatic heterocycles. The maximum atomic E-state index is 12.4. The molecule has 0 saturated carbocycles. The monoisotopic (exact) mass is 273 g/mol. The number of carbonyl (C=O) groups excluding carboxylic acids is 1. The summed E-state index contributed by atoms with van der Waals surface area (Å²) in [5.74, 6) is 1.85. The maximum Gasteiger partial charge on any atom is 0.327 e. The van der Waals surface area contributed by atoms with Gasteiger partial charge in [0.2, 0.25) is 0 Å². The molecule has 18 heavy (non-hydrogen) atoms. The summed E-state index contributed by atoms with van der Waals surface area (Å²) in [7, 11) is 0.